The van der Waals surface area contributed by atoms with Crippen molar-refractivity contribution in [2.24, 2.45) is 5.92 Å². The van der Waals surface area contributed by atoms with E-state index in [0.717, 1.165) is 48.1 Å². The molecule has 3 aromatic rings. The summed E-state index contributed by atoms with van der Waals surface area (Å²) in [5, 5.41) is 10.6. The molecule has 140 valence electrons. The molecule has 28 heavy (non-hydrogen) atoms. The van der Waals surface area contributed by atoms with Crippen LogP contribution in [-0.4, -0.2) is 26.1 Å². The number of rotatable bonds is 4. The average molecular weight is 371 g/mol. The van der Waals surface area contributed by atoms with Gasteiger partial charge in [-0.1, -0.05) is 18.6 Å². The lowest BCUT2D eigenvalue weighted by molar-refractivity contribution is -0.122. The second kappa shape index (κ2) is 6.71. The third-order valence-corrected chi connectivity index (χ3v) is 5.98. The van der Waals surface area contributed by atoms with Gasteiger partial charge < -0.3 is 5.32 Å². The van der Waals surface area contributed by atoms with Crippen LogP contribution in [0, 0.1) is 5.92 Å². The molecule has 1 amide bonds. The summed E-state index contributed by atoms with van der Waals surface area (Å²) in [6.45, 7) is 0. The quantitative estimate of drug-likeness (QED) is 0.735. The van der Waals surface area contributed by atoms with Gasteiger partial charge >= 0.3 is 0 Å². The zero-order valence-electron chi connectivity index (χ0n) is 15.4. The minimum Gasteiger partial charge on any atom is -0.308 e. The van der Waals surface area contributed by atoms with Crippen LogP contribution in [0.3, 0.4) is 0 Å². The molecule has 0 aliphatic heterocycles. The van der Waals surface area contributed by atoms with Crippen molar-refractivity contribution in [3.63, 3.8) is 0 Å². The van der Waals surface area contributed by atoms with Gasteiger partial charge in [0.1, 0.15) is 0 Å². The maximum absolute atomic E-state index is 12.3. The number of amides is 1. The van der Waals surface area contributed by atoms with Crippen molar-refractivity contribution in [2.75, 3.05) is 5.32 Å². The number of nitrogens with one attached hydrogen (secondary N) is 2. The Morgan fingerprint density at radius 1 is 1.04 bits per heavy atom. The molecule has 6 heteroatoms. The molecule has 1 fully saturated rings. The lowest BCUT2D eigenvalue weighted by atomic mass is 9.69. The molecule has 6 nitrogen and oxygen atoms in total. The van der Waals surface area contributed by atoms with Crippen LogP contribution in [0.5, 0.6) is 0 Å². The zero-order chi connectivity index (χ0) is 19.0. The van der Waals surface area contributed by atoms with Gasteiger partial charge in [-0.15, -0.1) is 0 Å². The first-order valence-electron chi connectivity index (χ1n) is 9.65. The van der Waals surface area contributed by atoms with E-state index in [1.165, 1.54) is 0 Å². The first kappa shape index (κ1) is 16.9. The van der Waals surface area contributed by atoms with Gasteiger partial charge in [0.2, 0.25) is 5.91 Å². The number of aromatic amines is 1. The standard InChI is InChI=1S/C22H21N5O/c28-21(15-2-1-3-15)25-20-18-4-9-22(14-19(18)26-27-20,16-5-10-23-11-6-16)17-7-12-24-13-8-17/h4-13,15H,1-3,14H2,(H2,25,26,27,28). The predicted molar refractivity (Wildman–Crippen MR) is 107 cm³/mol. The predicted octanol–water partition coefficient (Wildman–Crippen LogP) is 3.49. The summed E-state index contributed by atoms with van der Waals surface area (Å²) in [5.41, 5.74) is 3.96. The molecule has 0 unspecified atom stereocenters. The molecule has 0 bridgehead atoms. The van der Waals surface area contributed by atoms with Gasteiger partial charge in [-0.3, -0.25) is 19.9 Å². The fourth-order valence-corrected chi connectivity index (χ4v) is 4.11. The maximum atomic E-state index is 12.3. The number of carbonyl (C=O) groups excluding carboxylic acids is 1. The van der Waals surface area contributed by atoms with Crippen molar-refractivity contribution in [3.8, 4) is 0 Å². The summed E-state index contributed by atoms with van der Waals surface area (Å²) in [7, 11) is 0. The van der Waals surface area contributed by atoms with E-state index in [2.05, 4.69) is 37.6 Å². The monoisotopic (exact) mass is 371 g/mol. The van der Waals surface area contributed by atoms with Crippen LogP contribution in [-0.2, 0) is 16.6 Å². The van der Waals surface area contributed by atoms with E-state index in [9.17, 15) is 4.79 Å². The highest BCUT2D eigenvalue weighted by Gasteiger charge is 2.37. The number of fused-ring (bicyclic) bond motifs is 1. The first-order chi connectivity index (χ1) is 13.8. The first-order valence-corrected chi connectivity index (χ1v) is 9.65. The Bertz CT molecular complexity index is 982. The van der Waals surface area contributed by atoms with E-state index in [0.29, 0.717) is 5.82 Å². The van der Waals surface area contributed by atoms with E-state index >= 15 is 0 Å². The van der Waals surface area contributed by atoms with Crippen molar-refractivity contribution in [1.82, 2.24) is 20.2 Å². The van der Waals surface area contributed by atoms with Crippen molar-refractivity contribution < 1.29 is 4.79 Å². The van der Waals surface area contributed by atoms with Gasteiger partial charge in [0.15, 0.2) is 5.82 Å². The number of aromatic nitrogens is 4. The van der Waals surface area contributed by atoms with Gasteiger partial charge in [0, 0.05) is 53.8 Å². The molecule has 2 aliphatic carbocycles. The molecule has 0 atom stereocenters. The smallest absolute Gasteiger partial charge is 0.228 e. The number of allylic oxidation sites excluding steroid dienone is 1. The van der Waals surface area contributed by atoms with E-state index in [1.807, 2.05) is 49.1 Å². The minimum atomic E-state index is -0.333. The van der Waals surface area contributed by atoms with Crippen LogP contribution < -0.4 is 5.32 Å². The van der Waals surface area contributed by atoms with Crippen LogP contribution in [0.25, 0.3) is 6.08 Å². The second-order valence-corrected chi connectivity index (χ2v) is 7.53. The molecule has 2 aliphatic rings. The second-order valence-electron chi connectivity index (χ2n) is 7.53. The van der Waals surface area contributed by atoms with Crippen molar-refractivity contribution in [2.45, 2.75) is 31.1 Å². The van der Waals surface area contributed by atoms with Gasteiger partial charge in [-0.25, -0.2) is 0 Å². The Labute approximate surface area is 163 Å². The highest BCUT2D eigenvalue weighted by molar-refractivity contribution is 5.94. The van der Waals surface area contributed by atoms with Gasteiger partial charge in [-0.05, 0) is 48.2 Å². The third-order valence-electron chi connectivity index (χ3n) is 5.98. The van der Waals surface area contributed by atoms with Crippen molar-refractivity contribution in [3.05, 3.63) is 77.5 Å². The SMILES string of the molecule is O=C(Nc1n[nH]c2c1C=CC(c1ccncc1)(c1ccncc1)C2)C1CCC1. The third kappa shape index (κ3) is 2.72. The fraction of sp³-hybridized carbons (Fsp3) is 0.273. The Balaban J connectivity index is 1.52. The minimum absolute atomic E-state index is 0.0778. The van der Waals surface area contributed by atoms with E-state index < -0.39 is 0 Å². The maximum Gasteiger partial charge on any atom is 0.228 e. The molecule has 0 spiro atoms. The number of anilines is 1. The molecular weight excluding hydrogens is 350 g/mol. The highest BCUT2D eigenvalue weighted by atomic mass is 16.2. The molecule has 1 saturated carbocycles. The normalized spacial score (nSPS) is 17.6. The van der Waals surface area contributed by atoms with E-state index in [-0.39, 0.29) is 17.2 Å². The number of carbonyl (C=O) groups is 1. The Hall–Kier alpha value is -3.28. The number of hydrogen-bond acceptors (Lipinski definition) is 4. The molecule has 0 aromatic carbocycles. The van der Waals surface area contributed by atoms with Gasteiger partial charge in [0.25, 0.3) is 0 Å². The van der Waals surface area contributed by atoms with Crippen LogP contribution in [0.15, 0.2) is 55.1 Å². The number of pyridine rings is 2. The summed E-state index contributed by atoms with van der Waals surface area (Å²) in [5.74, 6) is 0.836. The van der Waals surface area contributed by atoms with E-state index in [1.54, 1.807) is 0 Å². The average Bonchev–Trinajstić information content (AvgIpc) is 3.09. The lowest BCUT2D eigenvalue weighted by Gasteiger charge is -2.34. The molecule has 2 N–H and O–H groups in total. The summed E-state index contributed by atoms with van der Waals surface area (Å²) in [6.07, 6.45) is 15.3. The van der Waals surface area contributed by atoms with Gasteiger partial charge in [-0.2, -0.15) is 5.10 Å². The number of H-pyrrole nitrogens is 1. The summed E-state index contributed by atoms with van der Waals surface area (Å²) < 4.78 is 0. The number of nitrogens with zero attached hydrogens (tertiary/aromatic N) is 3. The Morgan fingerprint density at radius 2 is 1.68 bits per heavy atom. The van der Waals surface area contributed by atoms with Crippen molar-refractivity contribution >= 4 is 17.8 Å². The largest absolute Gasteiger partial charge is 0.308 e. The van der Waals surface area contributed by atoms with Crippen LogP contribution in [0.4, 0.5) is 5.82 Å². The summed E-state index contributed by atoms with van der Waals surface area (Å²) in [6, 6.07) is 8.19. The van der Waals surface area contributed by atoms with E-state index in [4.69, 9.17) is 0 Å². The fourth-order valence-electron chi connectivity index (χ4n) is 4.11. The molecular formula is C22H21N5O. The summed E-state index contributed by atoms with van der Waals surface area (Å²) >= 11 is 0. The molecule has 5 rings (SSSR count). The van der Waals surface area contributed by atoms with Crippen LogP contribution >= 0.6 is 0 Å². The topological polar surface area (TPSA) is 83.6 Å². The van der Waals surface area contributed by atoms with Crippen molar-refractivity contribution in [1.29, 1.82) is 0 Å². The Morgan fingerprint density at radius 3 is 2.25 bits per heavy atom. The molecule has 0 saturated heterocycles. The Kier molecular flexibility index (Phi) is 4.04. The van der Waals surface area contributed by atoms with Crippen LogP contribution in [0.1, 0.15) is 41.6 Å². The zero-order valence-corrected chi connectivity index (χ0v) is 15.4. The summed E-state index contributed by atoms with van der Waals surface area (Å²) in [4.78, 5) is 20.7. The van der Waals surface area contributed by atoms with Crippen LogP contribution in [0.2, 0.25) is 0 Å². The molecule has 3 heterocycles. The molecule has 3 aromatic heterocycles. The highest BCUT2D eigenvalue weighted by Crippen LogP contribution is 2.42. The lowest BCUT2D eigenvalue weighted by Crippen LogP contribution is -2.31. The van der Waals surface area contributed by atoms with Gasteiger partial charge in [0.05, 0.1) is 0 Å². The molecule has 0 radical (unpaired) electrons. The number of hydrogen-bond donors (Lipinski definition) is 2.